The molecule has 6 heteroatoms. The van der Waals surface area contributed by atoms with E-state index in [0.29, 0.717) is 30.2 Å². The normalized spacial score (nSPS) is 29.2. The Morgan fingerprint density at radius 2 is 1.97 bits per heavy atom. The van der Waals surface area contributed by atoms with Gasteiger partial charge in [-0.1, -0.05) is 44.2 Å². The molecule has 1 spiro atoms. The van der Waals surface area contributed by atoms with E-state index in [1.165, 1.54) is 12.5 Å². The van der Waals surface area contributed by atoms with Gasteiger partial charge in [0.25, 0.3) is 0 Å². The molecule has 0 unspecified atom stereocenters. The van der Waals surface area contributed by atoms with E-state index in [-0.39, 0.29) is 29.4 Å². The molecule has 5 atom stereocenters. The first-order chi connectivity index (χ1) is 18.3. The van der Waals surface area contributed by atoms with Gasteiger partial charge in [-0.15, -0.1) is 0 Å². The molecule has 2 fully saturated rings. The van der Waals surface area contributed by atoms with E-state index in [2.05, 4.69) is 30.7 Å². The minimum absolute atomic E-state index is 0.0128. The van der Waals surface area contributed by atoms with Crippen LogP contribution in [0.4, 0.5) is 0 Å². The molecule has 38 heavy (non-hydrogen) atoms. The van der Waals surface area contributed by atoms with Crippen LogP contribution in [0.5, 0.6) is 11.5 Å². The fourth-order valence-electron chi connectivity index (χ4n) is 7.89. The van der Waals surface area contributed by atoms with Crippen molar-refractivity contribution in [2.75, 3.05) is 20.1 Å². The maximum atomic E-state index is 13.8. The number of amides is 1. The van der Waals surface area contributed by atoms with Crippen molar-refractivity contribution < 1.29 is 19.1 Å². The number of likely N-dealkylation sites (tertiary alicyclic amines) is 1. The van der Waals surface area contributed by atoms with Gasteiger partial charge in [0.15, 0.2) is 0 Å². The Hall–Kier alpha value is -3.12. The van der Waals surface area contributed by atoms with Crippen LogP contribution >= 0.6 is 0 Å². The summed E-state index contributed by atoms with van der Waals surface area (Å²) in [5.74, 6) is 2.13. The maximum Gasteiger partial charge on any atom is 0.308 e. The number of carbonyl (C=O) groups is 2. The second-order valence-corrected chi connectivity index (χ2v) is 12.0. The lowest BCUT2D eigenvalue weighted by Gasteiger charge is -2.60. The number of likely N-dealkylation sites (N-methyl/N-ethyl adjacent to an activating group) is 1. The minimum atomic E-state index is -0.296. The van der Waals surface area contributed by atoms with Gasteiger partial charge in [0.05, 0.1) is 6.04 Å². The molecule has 1 saturated carbocycles. The fourth-order valence-corrected chi connectivity index (χ4v) is 7.89. The highest BCUT2D eigenvalue weighted by Crippen LogP contribution is 2.63. The van der Waals surface area contributed by atoms with Crippen LogP contribution in [0, 0.1) is 11.8 Å². The van der Waals surface area contributed by atoms with Crippen LogP contribution in [0.25, 0.3) is 6.08 Å². The third kappa shape index (κ3) is 3.96. The molecule has 2 aromatic carbocycles. The summed E-state index contributed by atoms with van der Waals surface area (Å²) in [5.41, 5.74) is 3.22. The first-order valence-electron chi connectivity index (χ1n) is 14.0. The van der Waals surface area contributed by atoms with Gasteiger partial charge < -0.3 is 19.3 Å². The molecule has 4 aliphatic rings. The monoisotopic (exact) mass is 514 g/mol. The first-order valence-corrected chi connectivity index (χ1v) is 14.0. The molecule has 1 saturated heterocycles. The summed E-state index contributed by atoms with van der Waals surface area (Å²) in [7, 11) is 2.22. The summed E-state index contributed by atoms with van der Waals surface area (Å²) in [5, 5.41) is 0. The molecule has 2 heterocycles. The summed E-state index contributed by atoms with van der Waals surface area (Å²) in [4.78, 5) is 30.3. The lowest BCUT2D eigenvalue weighted by molar-refractivity contribution is -0.138. The van der Waals surface area contributed by atoms with Gasteiger partial charge in [0, 0.05) is 42.1 Å². The minimum Gasteiger partial charge on any atom is -0.487 e. The second kappa shape index (κ2) is 9.57. The van der Waals surface area contributed by atoms with Crippen LogP contribution in [-0.2, 0) is 21.4 Å². The molecule has 1 amide bonds. The largest absolute Gasteiger partial charge is 0.487 e. The van der Waals surface area contributed by atoms with Crippen molar-refractivity contribution in [2.24, 2.45) is 11.8 Å². The summed E-state index contributed by atoms with van der Waals surface area (Å²) in [6.07, 6.45) is 7.38. The number of rotatable bonds is 6. The van der Waals surface area contributed by atoms with E-state index in [0.717, 1.165) is 49.1 Å². The molecule has 0 aromatic heterocycles. The van der Waals surface area contributed by atoms with Crippen molar-refractivity contribution in [2.45, 2.75) is 70.1 Å². The number of hydrogen-bond acceptors (Lipinski definition) is 5. The number of carbonyl (C=O) groups excluding carboxylic acids is 2. The average Bonchev–Trinajstić information content (AvgIpc) is 3.23. The van der Waals surface area contributed by atoms with Gasteiger partial charge in [-0.05, 0) is 74.9 Å². The summed E-state index contributed by atoms with van der Waals surface area (Å²) >= 11 is 0. The van der Waals surface area contributed by atoms with Gasteiger partial charge >= 0.3 is 5.97 Å². The van der Waals surface area contributed by atoms with Gasteiger partial charge in [-0.3, -0.25) is 9.59 Å². The van der Waals surface area contributed by atoms with Gasteiger partial charge in [0.2, 0.25) is 5.91 Å². The van der Waals surface area contributed by atoms with E-state index >= 15 is 0 Å². The Balaban J connectivity index is 1.41. The van der Waals surface area contributed by atoms with Gasteiger partial charge in [-0.2, -0.15) is 0 Å². The van der Waals surface area contributed by atoms with Crippen LogP contribution in [0.3, 0.4) is 0 Å². The summed E-state index contributed by atoms with van der Waals surface area (Å²) < 4.78 is 12.6. The zero-order valence-electron chi connectivity index (χ0n) is 22.9. The Morgan fingerprint density at radius 3 is 2.71 bits per heavy atom. The summed E-state index contributed by atoms with van der Waals surface area (Å²) in [6, 6.07) is 14.2. The molecular weight excluding hydrogens is 476 g/mol. The highest BCUT2D eigenvalue weighted by Gasteiger charge is 2.66. The Morgan fingerprint density at radius 1 is 1.18 bits per heavy atom. The van der Waals surface area contributed by atoms with E-state index in [4.69, 9.17) is 9.47 Å². The number of esters is 1. The molecule has 2 aliphatic heterocycles. The third-order valence-electron chi connectivity index (χ3n) is 9.28. The predicted octanol–water partition coefficient (Wildman–Crippen LogP) is 4.85. The Bertz CT molecular complexity index is 1270. The fraction of sp³-hybridized carbons (Fsp3) is 0.500. The van der Waals surface area contributed by atoms with Crippen LogP contribution in [0.15, 0.2) is 48.5 Å². The SMILES string of the molecule is CC(=O)Oc1ccc2c3c1C[C@@H]1[C@@H]4CC[C@H](N(CC(C)C)C(=O)C=Cc5ccccc5)[C@H](O2)[C@]34CCN1C. The number of ether oxygens (including phenoxy) is 2. The van der Waals surface area contributed by atoms with E-state index in [9.17, 15) is 9.59 Å². The number of piperidine rings is 1. The quantitative estimate of drug-likeness (QED) is 0.313. The summed E-state index contributed by atoms with van der Waals surface area (Å²) in [6.45, 7) is 7.49. The van der Waals surface area contributed by atoms with Crippen molar-refractivity contribution in [3.63, 3.8) is 0 Å². The van der Waals surface area contributed by atoms with E-state index < -0.39 is 0 Å². The molecule has 200 valence electrons. The number of benzene rings is 2. The average molecular weight is 515 g/mol. The van der Waals surface area contributed by atoms with Crippen molar-refractivity contribution in [3.05, 3.63) is 65.2 Å². The predicted molar refractivity (Wildman–Crippen MR) is 147 cm³/mol. The van der Waals surface area contributed by atoms with Crippen LogP contribution in [0.2, 0.25) is 0 Å². The van der Waals surface area contributed by atoms with Crippen LogP contribution in [0.1, 0.15) is 56.7 Å². The number of nitrogens with zero attached hydrogens (tertiary/aromatic N) is 2. The molecule has 6 rings (SSSR count). The Labute approximate surface area is 225 Å². The molecule has 0 radical (unpaired) electrons. The van der Waals surface area contributed by atoms with Crippen LogP contribution in [-0.4, -0.2) is 60.0 Å². The molecule has 6 nitrogen and oxygen atoms in total. The maximum absolute atomic E-state index is 13.8. The van der Waals surface area contributed by atoms with Crippen molar-refractivity contribution in [3.8, 4) is 11.5 Å². The molecule has 0 N–H and O–H groups in total. The Kier molecular flexibility index (Phi) is 6.34. The van der Waals surface area contributed by atoms with Crippen molar-refractivity contribution >= 4 is 18.0 Å². The molecule has 2 aliphatic carbocycles. The van der Waals surface area contributed by atoms with E-state index in [1.807, 2.05) is 48.5 Å². The van der Waals surface area contributed by atoms with Crippen LogP contribution < -0.4 is 9.47 Å². The molecule has 2 aromatic rings. The standard InChI is InChI=1S/C32H38N2O4/c1-20(2)19-34(29(36)15-10-22-8-6-5-7-9-22)25-12-11-24-26-18-23-27(37-21(3)35)13-14-28-30(23)32(24,31(25)38-28)16-17-33(26)4/h5-10,13-15,20,24-26,31H,11-12,16-19H2,1-4H3/t24-,25-,26+,31-,32-/m0/s1. The topological polar surface area (TPSA) is 59.1 Å². The van der Waals surface area contributed by atoms with Gasteiger partial charge in [0.1, 0.15) is 17.6 Å². The highest BCUT2D eigenvalue weighted by atomic mass is 16.5. The third-order valence-corrected chi connectivity index (χ3v) is 9.28. The second-order valence-electron chi connectivity index (χ2n) is 12.0. The van der Waals surface area contributed by atoms with Gasteiger partial charge in [-0.25, -0.2) is 0 Å². The highest BCUT2D eigenvalue weighted by molar-refractivity contribution is 5.92. The molecule has 2 bridgehead atoms. The first kappa shape index (κ1) is 25.2. The zero-order chi connectivity index (χ0) is 26.6. The van der Waals surface area contributed by atoms with Crippen molar-refractivity contribution in [1.82, 2.24) is 9.80 Å². The number of hydrogen-bond donors (Lipinski definition) is 0. The lowest BCUT2D eigenvalue weighted by Crippen LogP contribution is -2.68. The zero-order valence-corrected chi connectivity index (χ0v) is 22.9. The van der Waals surface area contributed by atoms with Crippen molar-refractivity contribution in [1.29, 1.82) is 0 Å². The smallest absolute Gasteiger partial charge is 0.308 e. The molecular formula is C32H38N2O4. The van der Waals surface area contributed by atoms with E-state index in [1.54, 1.807) is 6.08 Å². The lowest BCUT2D eigenvalue weighted by atomic mass is 9.51.